The molecule has 1 heterocycles. The second-order valence-electron chi connectivity index (χ2n) is 6.55. The number of hydrogen-bond acceptors (Lipinski definition) is 6. The first-order valence-corrected chi connectivity index (χ1v) is 9.93. The van der Waals surface area contributed by atoms with E-state index in [0.29, 0.717) is 63.9 Å². The zero-order valence-electron chi connectivity index (χ0n) is 16.7. The minimum Gasteiger partial charge on any atom is -0.382 e. The number of rotatable bonds is 16. The second kappa shape index (κ2) is 13.4. The molecule has 7 nitrogen and oxygen atoms in total. The molecule has 1 aliphatic heterocycles. The number of methoxy groups -OCH3 is 1. The second-order valence-corrected chi connectivity index (χ2v) is 6.55. The number of fused-ring (bicyclic) bond motifs is 1. The average Bonchev–Trinajstić information content (AvgIpc) is 2.96. The van der Waals surface area contributed by atoms with Crippen molar-refractivity contribution in [3.63, 3.8) is 0 Å². The molecule has 2 amide bonds. The van der Waals surface area contributed by atoms with Crippen molar-refractivity contribution in [2.24, 2.45) is 0 Å². The molecule has 1 aromatic rings. The Kier molecular flexibility index (Phi) is 10.8. The van der Waals surface area contributed by atoms with Crippen LogP contribution < -0.4 is 0 Å². The Balaban J connectivity index is 1.40. The smallest absolute Gasteiger partial charge is 0.261 e. The molecule has 1 aromatic carbocycles. The molecule has 2 rings (SSSR count). The molecule has 0 N–H and O–H groups in total. The van der Waals surface area contributed by atoms with Crippen molar-refractivity contribution in [2.45, 2.75) is 25.7 Å². The molecule has 0 aromatic heterocycles. The number of carbonyl (C=O) groups is 2. The van der Waals surface area contributed by atoms with Crippen molar-refractivity contribution in [2.75, 3.05) is 59.9 Å². The highest BCUT2D eigenvalue weighted by Crippen LogP contribution is 2.22. The van der Waals surface area contributed by atoms with Crippen LogP contribution in [0, 0.1) is 0 Å². The van der Waals surface area contributed by atoms with Gasteiger partial charge in [0.25, 0.3) is 11.8 Å². The van der Waals surface area contributed by atoms with E-state index in [9.17, 15) is 9.59 Å². The SMILES string of the molecule is COCCOCCOCCOCCCCCCN1C(=O)c2ccccc2C1=O. The fourth-order valence-corrected chi connectivity index (χ4v) is 2.95. The first-order valence-electron chi connectivity index (χ1n) is 9.93. The maximum absolute atomic E-state index is 12.2. The molecule has 156 valence electrons. The monoisotopic (exact) mass is 393 g/mol. The molecule has 7 heteroatoms. The van der Waals surface area contributed by atoms with Gasteiger partial charge in [-0.3, -0.25) is 14.5 Å². The summed E-state index contributed by atoms with van der Waals surface area (Å²) < 4.78 is 21.1. The van der Waals surface area contributed by atoms with E-state index in [1.165, 1.54) is 4.90 Å². The Morgan fingerprint density at radius 3 is 1.75 bits per heavy atom. The van der Waals surface area contributed by atoms with E-state index in [2.05, 4.69) is 0 Å². The molecule has 0 spiro atoms. The summed E-state index contributed by atoms with van der Waals surface area (Å²) in [6.07, 6.45) is 3.75. The summed E-state index contributed by atoms with van der Waals surface area (Å²) >= 11 is 0. The summed E-state index contributed by atoms with van der Waals surface area (Å²) in [5.74, 6) is -0.346. The van der Waals surface area contributed by atoms with Crippen LogP contribution in [0.4, 0.5) is 0 Å². The topological polar surface area (TPSA) is 74.3 Å². The molecular weight excluding hydrogens is 362 g/mol. The van der Waals surface area contributed by atoms with Crippen LogP contribution in [-0.4, -0.2) is 76.6 Å². The molecule has 0 radical (unpaired) electrons. The summed E-state index contributed by atoms with van der Waals surface area (Å²) in [7, 11) is 1.64. The van der Waals surface area contributed by atoms with Crippen molar-refractivity contribution in [3.8, 4) is 0 Å². The van der Waals surface area contributed by atoms with Crippen LogP contribution in [0.5, 0.6) is 0 Å². The van der Waals surface area contributed by atoms with E-state index < -0.39 is 0 Å². The predicted octanol–water partition coefficient (Wildman–Crippen LogP) is 2.54. The first kappa shape index (κ1) is 22.5. The number of unbranched alkanes of at least 4 members (excludes halogenated alkanes) is 3. The quantitative estimate of drug-likeness (QED) is 0.317. The Labute approximate surface area is 166 Å². The summed E-state index contributed by atoms with van der Waals surface area (Å²) in [6.45, 7) is 4.63. The molecule has 0 fully saturated rings. The average molecular weight is 393 g/mol. The summed E-state index contributed by atoms with van der Waals surface area (Å²) in [5.41, 5.74) is 1.04. The van der Waals surface area contributed by atoms with Gasteiger partial charge in [0.05, 0.1) is 50.8 Å². The lowest BCUT2D eigenvalue weighted by Crippen LogP contribution is -2.30. The molecule has 0 unspecified atom stereocenters. The van der Waals surface area contributed by atoms with Crippen molar-refractivity contribution in [1.29, 1.82) is 0 Å². The van der Waals surface area contributed by atoms with Crippen LogP contribution in [0.1, 0.15) is 46.4 Å². The van der Waals surface area contributed by atoms with Crippen molar-refractivity contribution in [1.82, 2.24) is 4.90 Å². The number of amides is 2. The number of carbonyl (C=O) groups excluding carboxylic acids is 2. The molecule has 0 aliphatic carbocycles. The third-order valence-corrected chi connectivity index (χ3v) is 4.47. The Hall–Kier alpha value is -1.80. The minimum absolute atomic E-state index is 0.173. The molecule has 1 aliphatic rings. The molecular formula is C21H31NO6. The van der Waals surface area contributed by atoms with Crippen LogP contribution in [0.25, 0.3) is 0 Å². The maximum atomic E-state index is 12.2. The lowest BCUT2D eigenvalue weighted by atomic mass is 10.1. The fourth-order valence-electron chi connectivity index (χ4n) is 2.95. The highest BCUT2D eigenvalue weighted by Gasteiger charge is 2.34. The highest BCUT2D eigenvalue weighted by atomic mass is 16.6. The van der Waals surface area contributed by atoms with E-state index in [0.717, 1.165) is 25.7 Å². The van der Waals surface area contributed by atoms with Crippen molar-refractivity contribution in [3.05, 3.63) is 35.4 Å². The molecule has 0 saturated heterocycles. The van der Waals surface area contributed by atoms with Crippen molar-refractivity contribution >= 4 is 11.8 Å². The maximum Gasteiger partial charge on any atom is 0.261 e. The van der Waals surface area contributed by atoms with Gasteiger partial charge in [0.1, 0.15) is 0 Å². The van der Waals surface area contributed by atoms with Crippen LogP contribution in [0.15, 0.2) is 24.3 Å². The van der Waals surface area contributed by atoms with E-state index >= 15 is 0 Å². The standard InChI is InChI=1S/C21H31NO6/c1-25-12-13-27-16-17-28-15-14-26-11-7-3-2-6-10-22-20(23)18-8-4-5-9-19(18)21(22)24/h4-5,8-9H,2-3,6-7,10-17H2,1H3. The van der Waals surface area contributed by atoms with E-state index in [4.69, 9.17) is 18.9 Å². The number of benzene rings is 1. The first-order chi connectivity index (χ1) is 13.8. The fraction of sp³-hybridized carbons (Fsp3) is 0.619. The Morgan fingerprint density at radius 2 is 1.18 bits per heavy atom. The van der Waals surface area contributed by atoms with E-state index in [-0.39, 0.29) is 11.8 Å². The van der Waals surface area contributed by atoms with Crippen molar-refractivity contribution < 1.29 is 28.5 Å². The number of imide groups is 1. The van der Waals surface area contributed by atoms with E-state index in [1.54, 1.807) is 31.4 Å². The summed E-state index contributed by atoms with van der Waals surface area (Å²) in [6, 6.07) is 7.00. The Morgan fingerprint density at radius 1 is 0.679 bits per heavy atom. The zero-order chi connectivity index (χ0) is 20.0. The predicted molar refractivity (Wildman–Crippen MR) is 105 cm³/mol. The van der Waals surface area contributed by atoms with Gasteiger partial charge in [-0.05, 0) is 25.0 Å². The number of hydrogen-bond donors (Lipinski definition) is 0. The van der Waals surface area contributed by atoms with Gasteiger partial charge in [0, 0.05) is 20.3 Å². The van der Waals surface area contributed by atoms with Crippen LogP contribution in [0.3, 0.4) is 0 Å². The van der Waals surface area contributed by atoms with Gasteiger partial charge in [0.2, 0.25) is 0 Å². The summed E-state index contributed by atoms with van der Waals surface area (Å²) in [5, 5.41) is 0. The van der Waals surface area contributed by atoms with Gasteiger partial charge < -0.3 is 18.9 Å². The third kappa shape index (κ3) is 7.31. The number of nitrogens with zero attached hydrogens (tertiary/aromatic N) is 1. The van der Waals surface area contributed by atoms with Gasteiger partial charge in [-0.25, -0.2) is 0 Å². The van der Waals surface area contributed by atoms with Crippen LogP contribution in [-0.2, 0) is 18.9 Å². The highest BCUT2D eigenvalue weighted by molar-refractivity contribution is 6.21. The normalized spacial score (nSPS) is 13.4. The van der Waals surface area contributed by atoms with E-state index in [1.807, 2.05) is 0 Å². The molecule has 28 heavy (non-hydrogen) atoms. The van der Waals surface area contributed by atoms with Crippen LogP contribution >= 0.6 is 0 Å². The van der Waals surface area contributed by atoms with Gasteiger partial charge in [0.15, 0.2) is 0 Å². The van der Waals surface area contributed by atoms with Crippen LogP contribution in [0.2, 0.25) is 0 Å². The third-order valence-electron chi connectivity index (χ3n) is 4.47. The molecule has 0 atom stereocenters. The lowest BCUT2D eigenvalue weighted by molar-refractivity contribution is 0.00322. The summed E-state index contributed by atoms with van der Waals surface area (Å²) in [4.78, 5) is 25.9. The lowest BCUT2D eigenvalue weighted by Gasteiger charge is -2.13. The molecule has 0 bridgehead atoms. The minimum atomic E-state index is -0.173. The van der Waals surface area contributed by atoms with Gasteiger partial charge in [-0.15, -0.1) is 0 Å². The Bertz CT molecular complexity index is 571. The van der Waals surface area contributed by atoms with Gasteiger partial charge >= 0.3 is 0 Å². The molecule has 0 saturated carbocycles. The van der Waals surface area contributed by atoms with Gasteiger partial charge in [-0.2, -0.15) is 0 Å². The zero-order valence-corrected chi connectivity index (χ0v) is 16.7. The van der Waals surface area contributed by atoms with Gasteiger partial charge in [-0.1, -0.05) is 25.0 Å². The largest absolute Gasteiger partial charge is 0.382 e. The number of ether oxygens (including phenoxy) is 4.